The Morgan fingerprint density at radius 2 is 2.00 bits per heavy atom. The first-order chi connectivity index (χ1) is 12.1. The highest BCUT2D eigenvalue weighted by Crippen LogP contribution is 2.25. The summed E-state index contributed by atoms with van der Waals surface area (Å²) < 4.78 is 0. The molecule has 6 nitrogen and oxygen atoms in total. The van der Waals surface area contributed by atoms with E-state index >= 15 is 0 Å². The van der Waals surface area contributed by atoms with Crippen molar-refractivity contribution in [2.75, 3.05) is 5.32 Å². The van der Waals surface area contributed by atoms with Gasteiger partial charge in [0.15, 0.2) is 5.82 Å². The van der Waals surface area contributed by atoms with Gasteiger partial charge in [0.05, 0.1) is 0 Å². The van der Waals surface area contributed by atoms with Crippen LogP contribution in [0, 0.1) is 6.92 Å². The van der Waals surface area contributed by atoms with Crippen molar-refractivity contribution in [3.05, 3.63) is 65.1 Å². The number of H-pyrrole nitrogens is 2. The standard InChI is InChI=1S/C18H14ClN5O/c1-10-20-17(24-23-10)11-4-2-5-12(8-11)21-18(25)16-9-13-14(19)6-3-7-15(13)22-16/h2-9,22H,1H3,(H,21,25)(H,20,23,24). The van der Waals surface area contributed by atoms with Crippen LogP contribution in [0.1, 0.15) is 16.3 Å². The van der Waals surface area contributed by atoms with Gasteiger partial charge in [-0.15, -0.1) is 0 Å². The van der Waals surface area contributed by atoms with Crippen LogP contribution in [0.3, 0.4) is 0 Å². The van der Waals surface area contributed by atoms with Crippen molar-refractivity contribution >= 4 is 34.1 Å². The van der Waals surface area contributed by atoms with Crippen molar-refractivity contribution in [3.63, 3.8) is 0 Å². The van der Waals surface area contributed by atoms with Gasteiger partial charge in [0, 0.05) is 27.2 Å². The number of nitrogens with one attached hydrogen (secondary N) is 3. The van der Waals surface area contributed by atoms with Crippen LogP contribution in [0.2, 0.25) is 5.02 Å². The summed E-state index contributed by atoms with van der Waals surface area (Å²) in [6.07, 6.45) is 0. The van der Waals surface area contributed by atoms with Crippen LogP contribution < -0.4 is 5.32 Å². The third kappa shape index (κ3) is 2.99. The molecule has 0 aliphatic carbocycles. The molecule has 0 aliphatic rings. The molecule has 25 heavy (non-hydrogen) atoms. The molecular formula is C18H14ClN5O. The minimum Gasteiger partial charge on any atom is -0.350 e. The van der Waals surface area contributed by atoms with Gasteiger partial charge in [-0.3, -0.25) is 9.89 Å². The minimum absolute atomic E-state index is 0.240. The maximum absolute atomic E-state index is 12.5. The molecule has 4 aromatic rings. The van der Waals surface area contributed by atoms with Crippen LogP contribution in [0.4, 0.5) is 5.69 Å². The minimum atomic E-state index is -0.240. The second-order valence-corrected chi connectivity index (χ2v) is 6.07. The second kappa shape index (κ2) is 6.07. The summed E-state index contributed by atoms with van der Waals surface area (Å²) in [5.41, 5.74) is 2.75. The van der Waals surface area contributed by atoms with E-state index in [1.807, 2.05) is 43.3 Å². The van der Waals surface area contributed by atoms with Crippen LogP contribution in [-0.2, 0) is 0 Å². The summed E-state index contributed by atoms with van der Waals surface area (Å²) in [6.45, 7) is 1.84. The average Bonchev–Trinajstić information content (AvgIpc) is 3.22. The third-order valence-electron chi connectivity index (χ3n) is 3.83. The number of benzene rings is 2. The lowest BCUT2D eigenvalue weighted by molar-refractivity contribution is 0.102. The first-order valence-electron chi connectivity index (χ1n) is 7.68. The molecule has 0 bridgehead atoms. The molecule has 3 N–H and O–H groups in total. The monoisotopic (exact) mass is 351 g/mol. The Bertz CT molecular complexity index is 1080. The molecule has 2 heterocycles. The molecule has 124 valence electrons. The fraction of sp³-hybridized carbons (Fsp3) is 0.0556. The highest BCUT2D eigenvalue weighted by Gasteiger charge is 2.12. The van der Waals surface area contributed by atoms with Crippen molar-refractivity contribution in [1.82, 2.24) is 20.2 Å². The summed E-state index contributed by atoms with van der Waals surface area (Å²) >= 11 is 6.16. The lowest BCUT2D eigenvalue weighted by Gasteiger charge is -2.05. The number of hydrogen-bond donors (Lipinski definition) is 3. The van der Waals surface area contributed by atoms with E-state index in [0.29, 0.717) is 22.2 Å². The topological polar surface area (TPSA) is 86.5 Å². The number of rotatable bonds is 3. The highest BCUT2D eigenvalue weighted by molar-refractivity contribution is 6.35. The van der Waals surface area contributed by atoms with Gasteiger partial charge in [0.2, 0.25) is 0 Å². The summed E-state index contributed by atoms with van der Waals surface area (Å²) in [7, 11) is 0. The number of amides is 1. The molecular weight excluding hydrogens is 338 g/mol. The maximum Gasteiger partial charge on any atom is 0.272 e. The Hall–Kier alpha value is -3.12. The van der Waals surface area contributed by atoms with E-state index in [-0.39, 0.29) is 5.91 Å². The van der Waals surface area contributed by atoms with Crippen molar-refractivity contribution in [1.29, 1.82) is 0 Å². The van der Waals surface area contributed by atoms with Crippen LogP contribution in [0.15, 0.2) is 48.5 Å². The predicted molar refractivity (Wildman–Crippen MR) is 97.8 cm³/mol. The molecule has 0 saturated heterocycles. The number of halogens is 1. The summed E-state index contributed by atoms with van der Waals surface area (Å²) in [5.74, 6) is 1.08. The molecule has 2 aromatic heterocycles. The number of aromatic amines is 2. The fourth-order valence-corrected chi connectivity index (χ4v) is 2.88. The Balaban J connectivity index is 1.61. The van der Waals surface area contributed by atoms with Crippen LogP contribution in [-0.4, -0.2) is 26.1 Å². The number of nitrogens with zero attached hydrogens (tertiary/aromatic N) is 2. The first kappa shape index (κ1) is 15.4. The Morgan fingerprint density at radius 3 is 2.76 bits per heavy atom. The summed E-state index contributed by atoms with van der Waals surface area (Å²) in [4.78, 5) is 19.9. The molecule has 0 unspecified atom stereocenters. The Kier molecular flexibility index (Phi) is 3.74. The first-order valence-corrected chi connectivity index (χ1v) is 8.06. The van der Waals surface area contributed by atoms with Gasteiger partial charge >= 0.3 is 0 Å². The third-order valence-corrected chi connectivity index (χ3v) is 4.16. The maximum atomic E-state index is 12.5. The molecule has 0 atom stereocenters. The van der Waals surface area contributed by atoms with Gasteiger partial charge in [-0.25, -0.2) is 4.98 Å². The number of aryl methyl sites for hydroxylation is 1. The zero-order valence-electron chi connectivity index (χ0n) is 13.3. The molecule has 0 saturated carbocycles. The van der Waals surface area contributed by atoms with Crippen molar-refractivity contribution in [3.8, 4) is 11.4 Å². The smallest absolute Gasteiger partial charge is 0.272 e. The van der Waals surface area contributed by atoms with Crippen LogP contribution >= 0.6 is 11.6 Å². The molecule has 0 aliphatic heterocycles. The fourth-order valence-electron chi connectivity index (χ4n) is 2.65. The van der Waals surface area contributed by atoms with Gasteiger partial charge in [0.1, 0.15) is 11.5 Å². The number of carbonyl (C=O) groups excluding carboxylic acids is 1. The van der Waals surface area contributed by atoms with Crippen molar-refractivity contribution in [2.24, 2.45) is 0 Å². The molecule has 0 spiro atoms. The zero-order chi connectivity index (χ0) is 17.4. The SMILES string of the molecule is Cc1nc(-c2cccc(NC(=O)c3cc4c(Cl)cccc4[nH]3)c2)n[nH]1. The van der Waals surface area contributed by atoms with E-state index in [1.165, 1.54) is 0 Å². The molecule has 2 aromatic carbocycles. The van der Waals surface area contributed by atoms with E-state index in [0.717, 1.165) is 22.3 Å². The molecule has 4 rings (SSSR count). The average molecular weight is 352 g/mol. The number of fused-ring (bicyclic) bond motifs is 1. The van der Waals surface area contributed by atoms with Crippen LogP contribution in [0.5, 0.6) is 0 Å². The van der Waals surface area contributed by atoms with Crippen molar-refractivity contribution in [2.45, 2.75) is 6.92 Å². The molecule has 0 fully saturated rings. The molecule has 0 radical (unpaired) electrons. The quantitative estimate of drug-likeness (QED) is 0.517. The van der Waals surface area contributed by atoms with E-state index < -0.39 is 0 Å². The normalized spacial score (nSPS) is 11.0. The zero-order valence-corrected chi connectivity index (χ0v) is 14.1. The summed E-state index contributed by atoms with van der Waals surface area (Å²) in [5, 5.41) is 11.2. The van der Waals surface area contributed by atoms with Crippen LogP contribution in [0.25, 0.3) is 22.3 Å². The lowest BCUT2D eigenvalue weighted by Crippen LogP contribution is -2.12. The van der Waals surface area contributed by atoms with E-state index in [1.54, 1.807) is 12.1 Å². The van der Waals surface area contributed by atoms with Gasteiger partial charge < -0.3 is 10.3 Å². The summed E-state index contributed by atoms with van der Waals surface area (Å²) in [6, 6.07) is 14.6. The van der Waals surface area contributed by atoms with Gasteiger partial charge in [-0.1, -0.05) is 29.8 Å². The highest BCUT2D eigenvalue weighted by atomic mass is 35.5. The molecule has 7 heteroatoms. The largest absolute Gasteiger partial charge is 0.350 e. The Labute approximate surface area is 148 Å². The van der Waals surface area contributed by atoms with E-state index in [9.17, 15) is 4.79 Å². The second-order valence-electron chi connectivity index (χ2n) is 5.66. The van der Waals surface area contributed by atoms with Gasteiger partial charge in [0.25, 0.3) is 5.91 Å². The predicted octanol–water partition coefficient (Wildman–Crippen LogP) is 4.17. The number of aromatic nitrogens is 4. The van der Waals surface area contributed by atoms with E-state index in [2.05, 4.69) is 25.5 Å². The molecule has 1 amide bonds. The van der Waals surface area contributed by atoms with Gasteiger partial charge in [-0.05, 0) is 37.3 Å². The van der Waals surface area contributed by atoms with E-state index in [4.69, 9.17) is 11.6 Å². The lowest BCUT2D eigenvalue weighted by atomic mass is 10.2. The Morgan fingerprint density at radius 1 is 1.16 bits per heavy atom. The number of hydrogen-bond acceptors (Lipinski definition) is 3. The number of anilines is 1. The number of carbonyl (C=O) groups is 1. The van der Waals surface area contributed by atoms with Crippen molar-refractivity contribution < 1.29 is 4.79 Å². The van der Waals surface area contributed by atoms with Gasteiger partial charge in [-0.2, -0.15) is 5.10 Å².